The molecule has 3 aliphatic rings. The Morgan fingerprint density at radius 1 is 1.15 bits per heavy atom. The minimum atomic E-state index is -1.05. The number of anilines is 1. The first-order chi connectivity index (χ1) is 16.1. The van der Waals surface area contributed by atoms with Crippen molar-refractivity contribution < 1.29 is 8.78 Å². The molecule has 6 rings (SSSR count). The fourth-order valence-corrected chi connectivity index (χ4v) is 5.40. The predicted molar refractivity (Wildman–Crippen MR) is 125 cm³/mol. The summed E-state index contributed by atoms with van der Waals surface area (Å²) < 4.78 is 27.1. The number of alkyl halides is 2. The Morgan fingerprint density at radius 2 is 2.03 bits per heavy atom. The van der Waals surface area contributed by atoms with Gasteiger partial charge in [0.1, 0.15) is 5.67 Å². The number of likely N-dealkylation sites (tertiary alicyclic amines) is 1. The molecule has 4 heterocycles. The monoisotopic (exact) mass is 452 g/mol. The molecule has 0 bridgehead atoms. The van der Waals surface area contributed by atoms with Crippen molar-refractivity contribution in [2.45, 2.75) is 43.4 Å². The molecule has 2 aromatic heterocycles. The zero-order chi connectivity index (χ0) is 22.4. The number of aromatic nitrogens is 3. The van der Waals surface area contributed by atoms with Crippen molar-refractivity contribution in [1.29, 1.82) is 0 Å². The van der Waals surface area contributed by atoms with Crippen LogP contribution in [0.2, 0.25) is 0 Å². The topological polar surface area (TPSA) is 60.1 Å². The van der Waals surface area contributed by atoms with Crippen LogP contribution in [0, 0.1) is 0 Å². The van der Waals surface area contributed by atoms with Crippen LogP contribution in [0.25, 0.3) is 10.9 Å². The fourth-order valence-electron chi connectivity index (χ4n) is 5.40. The molecular weight excluding hydrogens is 422 g/mol. The number of nitrogens with zero attached hydrogens (tertiary/aromatic N) is 4. The second-order valence-corrected chi connectivity index (χ2v) is 9.85. The summed E-state index contributed by atoms with van der Waals surface area (Å²) in [5.74, 6) is 0. The van der Waals surface area contributed by atoms with Crippen LogP contribution in [0.3, 0.4) is 0 Å². The standard InChI is InChI=1S/C25H30F2N6/c26-9-1-10-32-14-18(15-32)30-17-2-4-23(28-12-17)24-20-3-5-22-21(13-29-31-22)19(20)6-11-33(24)16-25(27)7-8-25/h2-5,12-13,18,24,30H,1,6-11,14-16H2,(H,29,31). The zero-order valence-corrected chi connectivity index (χ0v) is 18.7. The van der Waals surface area contributed by atoms with Crippen molar-refractivity contribution in [2.24, 2.45) is 0 Å². The average molecular weight is 453 g/mol. The third-order valence-electron chi connectivity index (χ3n) is 7.36. The molecule has 2 N–H and O–H groups in total. The number of benzene rings is 1. The largest absolute Gasteiger partial charge is 0.378 e. The summed E-state index contributed by atoms with van der Waals surface area (Å²) >= 11 is 0. The quantitative estimate of drug-likeness (QED) is 0.544. The number of rotatable bonds is 8. The predicted octanol–water partition coefficient (Wildman–Crippen LogP) is 3.86. The van der Waals surface area contributed by atoms with Gasteiger partial charge in [0.25, 0.3) is 0 Å². The van der Waals surface area contributed by atoms with Crippen molar-refractivity contribution in [3.63, 3.8) is 0 Å². The Labute approximate surface area is 192 Å². The Morgan fingerprint density at radius 3 is 2.79 bits per heavy atom. The molecule has 6 nitrogen and oxygen atoms in total. The van der Waals surface area contributed by atoms with Gasteiger partial charge in [-0.3, -0.25) is 24.3 Å². The van der Waals surface area contributed by atoms with E-state index in [2.05, 4.69) is 49.6 Å². The lowest BCUT2D eigenvalue weighted by atomic mass is 9.88. The molecule has 0 amide bonds. The highest BCUT2D eigenvalue weighted by atomic mass is 19.1. The number of fused-ring (bicyclic) bond motifs is 3. The van der Waals surface area contributed by atoms with E-state index in [1.807, 2.05) is 12.4 Å². The van der Waals surface area contributed by atoms with Gasteiger partial charge in [0.15, 0.2) is 0 Å². The molecule has 33 heavy (non-hydrogen) atoms. The molecule has 1 saturated carbocycles. The summed E-state index contributed by atoms with van der Waals surface area (Å²) in [6, 6.07) is 8.69. The molecule has 2 aliphatic heterocycles. The Kier molecular flexibility index (Phi) is 5.30. The number of hydrogen-bond acceptors (Lipinski definition) is 5. The molecular formula is C25H30F2N6. The van der Waals surface area contributed by atoms with Gasteiger partial charge in [0.05, 0.1) is 48.0 Å². The molecule has 1 aliphatic carbocycles. The van der Waals surface area contributed by atoms with Gasteiger partial charge in [-0.2, -0.15) is 5.10 Å². The lowest BCUT2D eigenvalue weighted by Crippen LogP contribution is -2.54. The minimum absolute atomic E-state index is 0.0600. The molecule has 3 aromatic rings. The molecule has 8 heteroatoms. The van der Waals surface area contributed by atoms with Gasteiger partial charge in [-0.05, 0) is 55.0 Å². The first-order valence-corrected chi connectivity index (χ1v) is 12.0. The van der Waals surface area contributed by atoms with Gasteiger partial charge in [-0.15, -0.1) is 0 Å². The van der Waals surface area contributed by atoms with E-state index in [9.17, 15) is 8.78 Å². The van der Waals surface area contributed by atoms with E-state index in [0.717, 1.165) is 54.9 Å². The molecule has 2 fully saturated rings. The van der Waals surface area contributed by atoms with E-state index in [4.69, 9.17) is 4.98 Å². The molecule has 0 radical (unpaired) electrons. The fraction of sp³-hybridized carbons (Fsp3) is 0.520. The second-order valence-electron chi connectivity index (χ2n) is 9.85. The SMILES string of the molecule is FCCCN1CC(Nc2ccc(C3c4ccc5[nH]ncc5c4CCN3CC3(F)CC3)nc2)C1. The summed E-state index contributed by atoms with van der Waals surface area (Å²) in [6.07, 6.45) is 6.60. The number of pyridine rings is 1. The summed E-state index contributed by atoms with van der Waals surface area (Å²) in [5.41, 5.74) is 4.43. The summed E-state index contributed by atoms with van der Waals surface area (Å²) in [7, 11) is 0. The van der Waals surface area contributed by atoms with E-state index in [1.54, 1.807) is 0 Å². The van der Waals surface area contributed by atoms with Gasteiger partial charge < -0.3 is 5.32 Å². The van der Waals surface area contributed by atoms with Gasteiger partial charge in [0, 0.05) is 38.1 Å². The summed E-state index contributed by atoms with van der Waals surface area (Å²) in [4.78, 5) is 9.37. The smallest absolute Gasteiger partial charge is 0.123 e. The molecule has 1 atom stereocenters. The van der Waals surface area contributed by atoms with Crippen LogP contribution in [-0.2, 0) is 6.42 Å². The third-order valence-corrected chi connectivity index (χ3v) is 7.36. The number of hydrogen-bond donors (Lipinski definition) is 2. The van der Waals surface area contributed by atoms with Crippen molar-refractivity contribution in [1.82, 2.24) is 25.0 Å². The number of halogens is 2. The van der Waals surface area contributed by atoms with Gasteiger partial charge >= 0.3 is 0 Å². The van der Waals surface area contributed by atoms with Crippen LogP contribution in [-0.4, -0.2) is 76.1 Å². The number of aromatic amines is 1. The van der Waals surface area contributed by atoms with Crippen molar-refractivity contribution >= 4 is 16.6 Å². The van der Waals surface area contributed by atoms with Crippen molar-refractivity contribution in [3.05, 3.63) is 53.5 Å². The molecule has 1 aromatic carbocycles. The van der Waals surface area contributed by atoms with Crippen molar-refractivity contribution in [2.75, 3.05) is 44.7 Å². The van der Waals surface area contributed by atoms with E-state index < -0.39 is 5.67 Å². The van der Waals surface area contributed by atoms with E-state index >= 15 is 0 Å². The lowest BCUT2D eigenvalue weighted by Gasteiger charge is -2.40. The average Bonchev–Trinajstić information content (AvgIpc) is 3.32. The summed E-state index contributed by atoms with van der Waals surface area (Å²) in [5, 5.41) is 12.0. The van der Waals surface area contributed by atoms with E-state index in [-0.39, 0.29) is 12.7 Å². The second kappa shape index (κ2) is 8.33. The Hall–Kier alpha value is -2.58. The first kappa shape index (κ1) is 21.0. The highest BCUT2D eigenvalue weighted by Gasteiger charge is 2.46. The van der Waals surface area contributed by atoms with Crippen LogP contribution in [0.1, 0.15) is 42.1 Å². The number of H-pyrrole nitrogens is 1. The van der Waals surface area contributed by atoms with Crippen molar-refractivity contribution in [3.8, 4) is 0 Å². The maximum Gasteiger partial charge on any atom is 0.123 e. The Balaban J connectivity index is 1.23. The number of nitrogens with one attached hydrogen (secondary N) is 2. The highest BCUT2D eigenvalue weighted by molar-refractivity contribution is 5.83. The Bertz CT molecular complexity index is 1120. The van der Waals surface area contributed by atoms with Crippen LogP contribution >= 0.6 is 0 Å². The first-order valence-electron chi connectivity index (χ1n) is 12.0. The molecule has 174 valence electrons. The van der Waals surface area contributed by atoms with E-state index in [0.29, 0.717) is 31.8 Å². The van der Waals surface area contributed by atoms with Crippen LogP contribution in [0.4, 0.5) is 14.5 Å². The van der Waals surface area contributed by atoms with Gasteiger partial charge in [-0.25, -0.2) is 4.39 Å². The third kappa shape index (κ3) is 4.10. The zero-order valence-electron chi connectivity index (χ0n) is 18.7. The van der Waals surface area contributed by atoms with Gasteiger partial charge in [0.2, 0.25) is 0 Å². The van der Waals surface area contributed by atoms with E-state index in [1.165, 1.54) is 11.1 Å². The normalized spacial score (nSPS) is 22.8. The maximum absolute atomic E-state index is 14.8. The van der Waals surface area contributed by atoms with Gasteiger partial charge in [-0.1, -0.05) is 6.07 Å². The molecule has 1 unspecified atom stereocenters. The maximum atomic E-state index is 14.8. The molecule has 0 spiro atoms. The van der Waals surface area contributed by atoms with Crippen LogP contribution in [0.5, 0.6) is 0 Å². The minimum Gasteiger partial charge on any atom is -0.378 e. The summed E-state index contributed by atoms with van der Waals surface area (Å²) in [6.45, 7) is 3.71. The van der Waals surface area contributed by atoms with Crippen LogP contribution in [0.15, 0.2) is 36.7 Å². The molecule has 1 saturated heterocycles. The highest BCUT2D eigenvalue weighted by Crippen LogP contribution is 2.45. The lowest BCUT2D eigenvalue weighted by molar-refractivity contribution is 0.139. The van der Waals surface area contributed by atoms with Crippen LogP contribution < -0.4 is 5.32 Å².